The van der Waals surface area contributed by atoms with Gasteiger partial charge >= 0.3 is 0 Å². The van der Waals surface area contributed by atoms with Gasteiger partial charge in [0.15, 0.2) is 6.29 Å². The zero-order valence-electron chi connectivity index (χ0n) is 18.2. The molecule has 0 amide bonds. The molecule has 0 bridgehead atoms. The molecule has 0 spiro atoms. The fourth-order valence-electron chi connectivity index (χ4n) is 7.85. The molecule has 3 saturated carbocycles. The molecule has 3 fully saturated rings. The van der Waals surface area contributed by atoms with Gasteiger partial charge in [0.2, 0.25) is 0 Å². The smallest absolute Gasteiger partial charge is 0.156 e. The number of methoxy groups -OCH3 is 2. The van der Waals surface area contributed by atoms with Crippen LogP contribution in [0, 0.1) is 28.6 Å². The highest BCUT2D eigenvalue weighted by atomic mass is 16.7. The molecular formula is C24H40O4. The van der Waals surface area contributed by atoms with Crippen LogP contribution in [0.15, 0.2) is 11.6 Å². The van der Waals surface area contributed by atoms with Crippen LogP contribution in [0.4, 0.5) is 0 Å². The van der Waals surface area contributed by atoms with E-state index in [0.717, 1.165) is 57.8 Å². The lowest BCUT2D eigenvalue weighted by Gasteiger charge is -2.59. The first kappa shape index (κ1) is 20.8. The van der Waals surface area contributed by atoms with Crippen molar-refractivity contribution in [2.45, 2.75) is 96.1 Å². The largest absolute Gasteiger partial charge is 0.393 e. The summed E-state index contributed by atoms with van der Waals surface area (Å²) in [5, 5.41) is 21.9. The van der Waals surface area contributed by atoms with Crippen molar-refractivity contribution in [3.05, 3.63) is 11.6 Å². The van der Waals surface area contributed by atoms with Crippen molar-refractivity contribution >= 4 is 0 Å². The van der Waals surface area contributed by atoms with E-state index < -0.39 is 5.60 Å². The average Bonchev–Trinajstić information content (AvgIpc) is 2.95. The quantitative estimate of drug-likeness (QED) is 0.536. The summed E-state index contributed by atoms with van der Waals surface area (Å²) >= 11 is 0. The van der Waals surface area contributed by atoms with Crippen molar-refractivity contribution in [1.29, 1.82) is 0 Å². The summed E-state index contributed by atoms with van der Waals surface area (Å²) in [5.41, 5.74) is 1.18. The first-order valence-corrected chi connectivity index (χ1v) is 11.4. The van der Waals surface area contributed by atoms with Crippen LogP contribution in [0.25, 0.3) is 0 Å². The third kappa shape index (κ3) is 3.02. The highest BCUT2D eigenvalue weighted by Gasteiger charge is 2.63. The number of allylic oxidation sites excluding steroid dienone is 1. The van der Waals surface area contributed by atoms with Crippen molar-refractivity contribution in [2.75, 3.05) is 14.2 Å². The van der Waals surface area contributed by atoms with Crippen molar-refractivity contribution < 1.29 is 19.7 Å². The second kappa shape index (κ2) is 7.37. The summed E-state index contributed by atoms with van der Waals surface area (Å²) < 4.78 is 10.8. The molecule has 0 aromatic carbocycles. The van der Waals surface area contributed by atoms with Gasteiger partial charge in [-0.3, -0.25) is 0 Å². The molecule has 0 heterocycles. The summed E-state index contributed by atoms with van der Waals surface area (Å²) in [7, 11) is 3.35. The lowest BCUT2D eigenvalue weighted by Crippen LogP contribution is -2.54. The van der Waals surface area contributed by atoms with Gasteiger partial charge in [-0.05, 0) is 86.4 Å². The Bertz CT molecular complexity index is 614. The van der Waals surface area contributed by atoms with Crippen LogP contribution in [0.3, 0.4) is 0 Å². The summed E-state index contributed by atoms with van der Waals surface area (Å²) in [6, 6.07) is 0. The zero-order chi connectivity index (χ0) is 20.2. The van der Waals surface area contributed by atoms with Gasteiger partial charge in [-0.2, -0.15) is 0 Å². The number of ether oxygens (including phenoxy) is 2. The number of aliphatic hydroxyl groups excluding tert-OH is 1. The van der Waals surface area contributed by atoms with Crippen LogP contribution in [-0.4, -0.2) is 42.4 Å². The molecule has 4 rings (SSSR count). The van der Waals surface area contributed by atoms with Gasteiger partial charge in [0.1, 0.15) is 0 Å². The Morgan fingerprint density at radius 1 is 1.07 bits per heavy atom. The minimum absolute atomic E-state index is 0.00389. The fourth-order valence-corrected chi connectivity index (χ4v) is 7.85. The maximum atomic E-state index is 11.7. The number of aliphatic hydroxyl groups is 2. The predicted molar refractivity (Wildman–Crippen MR) is 110 cm³/mol. The molecule has 4 aliphatic carbocycles. The number of hydrogen-bond acceptors (Lipinski definition) is 4. The van der Waals surface area contributed by atoms with Gasteiger partial charge in [-0.15, -0.1) is 0 Å². The Balaban J connectivity index is 1.55. The van der Waals surface area contributed by atoms with Gasteiger partial charge in [0, 0.05) is 20.6 Å². The molecule has 2 N–H and O–H groups in total. The van der Waals surface area contributed by atoms with Crippen molar-refractivity contribution in [3.8, 4) is 0 Å². The number of rotatable bonds is 5. The van der Waals surface area contributed by atoms with Crippen molar-refractivity contribution in [1.82, 2.24) is 0 Å². The van der Waals surface area contributed by atoms with E-state index in [9.17, 15) is 10.2 Å². The summed E-state index contributed by atoms with van der Waals surface area (Å²) in [4.78, 5) is 0. The summed E-state index contributed by atoms with van der Waals surface area (Å²) in [6.07, 6.45) is 12.1. The van der Waals surface area contributed by atoms with Crippen LogP contribution in [0.2, 0.25) is 0 Å². The Kier molecular flexibility index (Phi) is 5.48. The SMILES string of the molecule is COC(CCC1(O)CCC2C3CC=C4CC(O)CCC4(C)C3CCC21C)OC. The summed E-state index contributed by atoms with van der Waals surface area (Å²) in [6.45, 7) is 4.83. The molecular weight excluding hydrogens is 352 g/mol. The van der Waals surface area contributed by atoms with Gasteiger partial charge in [-0.1, -0.05) is 25.5 Å². The van der Waals surface area contributed by atoms with E-state index in [4.69, 9.17) is 9.47 Å². The second-order valence-electron chi connectivity index (χ2n) is 10.6. The van der Waals surface area contributed by atoms with E-state index >= 15 is 0 Å². The average molecular weight is 393 g/mol. The molecule has 4 aliphatic rings. The molecule has 160 valence electrons. The molecule has 4 heteroatoms. The van der Waals surface area contributed by atoms with E-state index in [0.29, 0.717) is 17.8 Å². The molecule has 0 aromatic heterocycles. The standard InChI is InChI=1S/C24H40O4/c1-22-11-7-17(25)15-16(22)5-6-18-19(22)8-12-23(2)20(18)9-13-24(23,26)14-10-21(27-3)28-4/h5,17-21,25-26H,6-15H2,1-4H3. The van der Waals surface area contributed by atoms with E-state index in [2.05, 4.69) is 19.9 Å². The molecule has 7 unspecified atom stereocenters. The van der Waals surface area contributed by atoms with Crippen LogP contribution < -0.4 is 0 Å². The Morgan fingerprint density at radius 3 is 2.50 bits per heavy atom. The maximum Gasteiger partial charge on any atom is 0.156 e. The highest BCUT2D eigenvalue weighted by molar-refractivity contribution is 5.26. The normalized spacial score (nSPS) is 48.0. The van der Waals surface area contributed by atoms with Crippen LogP contribution >= 0.6 is 0 Å². The zero-order valence-corrected chi connectivity index (χ0v) is 18.2. The van der Waals surface area contributed by atoms with Crippen molar-refractivity contribution in [2.24, 2.45) is 28.6 Å². The van der Waals surface area contributed by atoms with Gasteiger partial charge in [-0.25, -0.2) is 0 Å². The maximum absolute atomic E-state index is 11.7. The lowest BCUT2D eigenvalue weighted by molar-refractivity contribution is -0.151. The number of hydrogen-bond donors (Lipinski definition) is 2. The minimum atomic E-state index is -0.606. The van der Waals surface area contributed by atoms with Gasteiger partial charge in [0.25, 0.3) is 0 Å². The molecule has 0 saturated heterocycles. The van der Waals surface area contributed by atoms with E-state index in [1.54, 1.807) is 14.2 Å². The highest BCUT2D eigenvalue weighted by Crippen LogP contribution is 2.67. The Hall–Kier alpha value is -0.420. The second-order valence-corrected chi connectivity index (χ2v) is 10.6. The monoisotopic (exact) mass is 392 g/mol. The minimum Gasteiger partial charge on any atom is -0.393 e. The van der Waals surface area contributed by atoms with E-state index in [1.807, 2.05) is 0 Å². The van der Waals surface area contributed by atoms with Gasteiger partial charge < -0.3 is 19.7 Å². The first-order valence-electron chi connectivity index (χ1n) is 11.4. The van der Waals surface area contributed by atoms with Crippen molar-refractivity contribution in [3.63, 3.8) is 0 Å². The van der Waals surface area contributed by atoms with Crippen LogP contribution in [0.1, 0.15) is 78.1 Å². The Morgan fingerprint density at radius 2 is 1.79 bits per heavy atom. The molecule has 0 aromatic rings. The fraction of sp³-hybridized carbons (Fsp3) is 0.917. The molecule has 0 aliphatic heterocycles. The molecule has 7 atom stereocenters. The van der Waals surface area contributed by atoms with Crippen LogP contribution in [-0.2, 0) is 9.47 Å². The molecule has 0 radical (unpaired) electrons. The van der Waals surface area contributed by atoms with E-state index in [-0.39, 0.29) is 23.2 Å². The predicted octanol–water partition coefficient (Wildman–Crippen LogP) is 4.44. The van der Waals surface area contributed by atoms with Gasteiger partial charge in [0.05, 0.1) is 11.7 Å². The molecule has 4 nitrogen and oxygen atoms in total. The topological polar surface area (TPSA) is 58.9 Å². The molecule has 28 heavy (non-hydrogen) atoms. The third-order valence-corrected chi connectivity index (χ3v) is 9.72. The third-order valence-electron chi connectivity index (χ3n) is 9.72. The van der Waals surface area contributed by atoms with Crippen LogP contribution in [0.5, 0.6) is 0 Å². The van der Waals surface area contributed by atoms with E-state index in [1.165, 1.54) is 12.0 Å². The first-order chi connectivity index (χ1) is 13.3. The lowest BCUT2D eigenvalue weighted by atomic mass is 9.47. The summed E-state index contributed by atoms with van der Waals surface area (Å²) in [5.74, 6) is 1.99. The number of fused-ring (bicyclic) bond motifs is 5. The Labute approximate surface area is 170 Å².